The van der Waals surface area contributed by atoms with Gasteiger partial charge in [0.1, 0.15) is 23.1 Å². The third-order valence-corrected chi connectivity index (χ3v) is 7.48. The van der Waals surface area contributed by atoms with E-state index < -0.39 is 29.6 Å². The zero-order chi connectivity index (χ0) is 30.2. The normalized spacial score (nSPS) is 16.6. The maximum atomic E-state index is 15.1. The number of hydrogen-bond donors (Lipinski definition) is 2. The Morgan fingerprint density at radius 2 is 1.61 bits per heavy atom. The number of anilines is 2. The lowest BCUT2D eigenvalue weighted by Crippen LogP contribution is -2.43. The van der Waals surface area contributed by atoms with Gasteiger partial charge in [0.2, 0.25) is 6.17 Å². The number of aliphatic imine (C=N–C) groups is 1. The summed E-state index contributed by atoms with van der Waals surface area (Å²) in [5.74, 6) is -2.17. The fourth-order valence-corrected chi connectivity index (χ4v) is 5.34. The molecule has 44 heavy (non-hydrogen) atoms. The van der Waals surface area contributed by atoms with E-state index in [1.54, 1.807) is 48.5 Å². The lowest BCUT2D eigenvalue weighted by atomic mass is 10.0. The van der Waals surface area contributed by atoms with Gasteiger partial charge in [0.25, 0.3) is 11.8 Å². The number of morpholine rings is 1. The number of halogens is 2. The molecule has 0 bridgehead atoms. The van der Waals surface area contributed by atoms with Crippen LogP contribution in [0.1, 0.15) is 21.6 Å². The molecule has 2 N–H and O–H groups in total. The lowest BCUT2D eigenvalue weighted by molar-refractivity contribution is -0.117. The van der Waals surface area contributed by atoms with Crippen molar-refractivity contribution in [3.63, 3.8) is 0 Å². The van der Waals surface area contributed by atoms with E-state index >= 15 is 4.39 Å². The first kappa shape index (κ1) is 27.3. The molecular weight excluding hydrogens is 568 g/mol. The second-order valence-electron chi connectivity index (χ2n) is 10.2. The smallest absolute Gasteiger partial charge is 0.274 e. The molecule has 0 radical (unpaired) electrons. The van der Waals surface area contributed by atoms with E-state index in [4.69, 9.17) is 4.74 Å². The monoisotopic (exact) mass is 593 g/mol. The molecule has 0 unspecified atom stereocenters. The fraction of sp³-hybridized carbons (Fsp3) is 0.156. The molecule has 5 aromatic rings. The predicted octanol–water partition coefficient (Wildman–Crippen LogP) is 4.06. The van der Waals surface area contributed by atoms with Crippen molar-refractivity contribution in [3.8, 4) is 11.3 Å². The van der Waals surface area contributed by atoms with Gasteiger partial charge in [-0.1, -0.05) is 54.6 Å². The van der Waals surface area contributed by atoms with Crippen molar-refractivity contribution in [3.05, 3.63) is 113 Å². The molecule has 1 fully saturated rings. The van der Waals surface area contributed by atoms with E-state index in [1.807, 2.05) is 11.0 Å². The van der Waals surface area contributed by atoms with Gasteiger partial charge in [-0.15, -0.1) is 5.10 Å². The molecule has 220 valence electrons. The summed E-state index contributed by atoms with van der Waals surface area (Å²) in [7, 11) is 0. The van der Waals surface area contributed by atoms with E-state index in [0.717, 1.165) is 0 Å². The summed E-state index contributed by atoms with van der Waals surface area (Å²) < 4.78 is 36.8. The van der Waals surface area contributed by atoms with Gasteiger partial charge in [0.05, 0.1) is 24.6 Å². The molecule has 10 nitrogen and oxygen atoms in total. The number of carbonyl (C=O) groups is 2. The lowest BCUT2D eigenvalue weighted by Gasteiger charge is -2.27. The summed E-state index contributed by atoms with van der Waals surface area (Å²) in [6, 6.07) is 22.8. The van der Waals surface area contributed by atoms with Gasteiger partial charge in [0, 0.05) is 29.8 Å². The fourth-order valence-electron chi connectivity index (χ4n) is 5.34. The molecule has 2 aliphatic rings. The van der Waals surface area contributed by atoms with Crippen LogP contribution in [0, 0.1) is 11.6 Å². The van der Waals surface area contributed by atoms with E-state index in [1.165, 1.54) is 34.8 Å². The Hall–Kier alpha value is -5.49. The van der Waals surface area contributed by atoms with Crippen molar-refractivity contribution in [2.24, 2.45) is 4.99 Å². The molecule has 4 heterocycles. The topological polar surface area (TPSA) is 113 Å². The molecule has 1 atom stereocenters. The average molecular weight is 594 g/mol. The number of hydrogen-bond acceptors (Lipinski definition) is 7. The minimum absolute atomic E-state index is 0.0443. The van der Waals surface area contributed by atoms with Crippen LogP contribution in [0.4, 0.5) is 20.3 Å². The minimum atomic E-state index is -1.47. The molecule has 2 aliphatic heterocycles. The van der Waals surface area contributed by atoms with Crippen molar-refractivity contribution in [1.29, 1.82) is 0 Å². The van der Waals surface area contributed by atoms with Crippen molar-refractivity contribution < 1.29 is 23.1 Å². The molecular formula is C32H25F2N7O3. The second-order valence-corrected chi connectivity index (χ2v) is 10.2. The number of nitrogens with zero attached hydrogens (tertiary/aromatic N) is 5. The Morgan fingerprint density at radius 3 is 2.41 bits per heavy atom. The van der Waals surface area contributed by atoms with Crippen LogP contribution in [-0.4, -0.2) is 64.6 Å². The van der Waals surface area contributed by atoms with Crippen LogP contribution in [0.5, 0.6) is 0 Å². The zero-order valence-corrected chi connectivity index (χ0v) is 23.2. The van der Waals surface area contributed by atoms with Crippen molar-refractivity contribution >= 4 is 34.7 Å². The van der Waals surface area contributed by atoms with E-state index in [2.05, 4.69) is 25.7 Å². The summed E-state index contributed by atoms with van der Waals surface area (Å²) >= 11 is 0. The predicted molar refractivity (Wildman–Crippen MR) is 160 cm³/mol. The highest BCUT2D eigenvalue weighted by atomic mass is 19.1. The third-order valence-electron chi connectivity index (χ3n) is 7.48. The Labute approximate surface area is 250 Å². The first-order chi connectivity index (χ1) is 21.5. The Kier molecular flexibility index (Phi) is 7.03. The highest BCUT2D eigenvalue weighted by Gasteiger charge is 2.32. The number of aromatic nitrogens is 3. The van der Waals surface area contributed by atoms with Crippen LogP contribution in [0.15, 0.2) is 89.9 Å². The standard InChI is InChI=1S/C32H25F2N7O3/c33-22-11-5-4-9-20(22)28-29(41-24(35-28)13-14-25(39-41)40-15-17-44-18-16-40)31(42)38-30-32(43)37-27-21(10-6-12-23(27)34)26(36-30)19-7-2-1-3-8-19/h1-14,30H,15-18H2,(H,37,43)(H,38,42)/t30-/m1/s1. The molecule has 12 heteroatoms. The number of rotatable bonds is 5. The number of amides is 2. The van der Waals surface area contributed by atoms with Crippen LogP contribution in [0.25, 0.3) is 16.9 Å². The maximum absolute atomic E-state index is 15.1. The minimum Gasteiger partial charge on any atom is -0.378 e. The van der Waals surface area contributed by atoms with Gasteiger partial charge < -0.3 is 20.3 Å². The van der Waals surface area contributed by atoms with Gasteiger partial charge in [0.15, 0.2) is 11.3 Å². The number of para-hydroxylation sites is 1. The average Bonchev–Trinajstić information content (AvgIpc) is 3.37. The Balaban J connectivity index is 1.34. The third kappa shape index (κ3) is 4.94. The number of carbonyl (C=O) groups excluding carboxylic acids is 2. The number of benzodiazepines with no additional fused rings is 1. The summed E-state index contributed by atoms with van der Waals surface area (Å²) in [6.45, 7) is 2.26. The molecule has 3 aromatic carbocycles. The Morgan fingerprint density at radius 1 is 0.886 bits per heavy atom. The van der Waals surface area contributed by atoms with Gasteiger partial charge in [-0.2, -0.15) is 0 Å². The molecule has 2 aromatic heterocycles. The number of benzene rings is 3. The summed E-state index contributed by atoms with van der Waals surface area (Å²) in [5.41, 5.74) is 1.59. The van der Waals surface area contributed by atoms with Crippen LogP contribution in [0.3, 0.4) is 0 Å². The number of ether oxygens (including phenoxy) is 1. The van der Waals surface area contributed by atoms with Gasteiger partial charge in [-0.3, -0.25) is 9.59 Å². The summed E-state index contributed by atoms with van der Waals surface area (Å²) in [6.07, 6.45) is -1.47. The molecule has 1 saturated heterocycles. The number of imidazole rings is 1. The van der Waals surface area contributed by atoms with Crippen LogP contribution >= 0.6 is 0 Å². The van der Waals surface area contributed by atoms with E-state index in [0.29, 0.717) is 54.6 Å². The number of nitrogens with one attached hydrogen (secondary N) is 2. The summed E-state index contributed by atoms with van der Waals surface area (Å²) in [4.78, 5) is 38.7. The quantitative estimate of drug-likeness (QED) is 0.318. The zero-order valence-electron chi connectivity index (χ0n) is 23.2. The largest absolute Gasteiger partial charge is 0.378 e. The van der Waals surface area contributed by atoms with Crippen molar-refractivity contribution in [1.82, 2.24) is 19.9 Å². The van der Waals surface area contributed by atoms with Gasteiger partial charge in [-0.05, 0) is 30.3 Å². The number of fused-ring (bicyclic) bond motifs is 2. The van der Waals surface area contributed by atoms with Crippen LogP contribution < -0.4 is 15.5 Å². The molecule has 7 rings (SSSR count). The first-order valence-electron chi connectivity index (χ1n) is 14.0. The molecule has 0 aliphatic carbocycles. The van der Waals surface area contributed by atoms with Crippen LogP contribution in [0.2, 0.25) is 0 Å². The van der Waals surface area contributed by atoms with Gasteiger partial charge >= 0.3 is 0 Å². The van der Waals surface area contributed by atoms with E-state index in [9.17, 15) is 14.0 Å². The summed E-state index contributed by atoms with van der Waals surface area (Å²) in [5, 5.41) is 9.93. The SMILES string of the molecule is O=C(N[C@H]1N=C(c2ccccc2)c2cccc(F)c2NC1=O)c1c(-c2ccccc2F)nc2ccc(N3CCOCC3)nn12. The Bertz CT molecular complexity index is 1940. The molecule has 2 amide bonds. The highest BCUT2D eigenvalue weighted by Crippen LogP contribution is 2.29. The molecule has 0 saturated carbocycles. The highest BCUT2D eigenvalue weighted by molar-refractivity contribution is 6.20. The second kappa shape index (κ2) is 11.3. The van der Waals surface area contributed by atoms with Gasteiger partial charge in [-0.25, -0.2) is 23.3 Å². The van der Waals surface area contributed by atoms with Crippen LogP contribution in [-0.2, 0) is 9.53 Å². The van der Waals surface area contributed by atoms with Crippen molar-refractivity contribution in [2.45, 2.75) is 6.17 Å². The molecule has 0 spiro atoms. The van der Waals surface area contributed by atoms with E-state index in [-0.39, 0.29) is 22.6 Å². The van der Waals surface area contributed by atoms with Crippen molar-refractivity contribution in [2.75, 3.05) is 36.5 Å². The first-order valence-corrected chi connectivity index (χ1v) is 14.0. The maximum Gasteiger partial charge on any atom is 0.274 e.